The average Bonchev–Trinajstić information content (AvgIpc) is 2.94. The molecule has 2 N–H and O–H groups in total. The number of benzene rings is 2. The van der Waals surface area contributed by atoms with Crippen molar-refractivity contribution in [2.75, 3.05) is 5.32 Å². The lowest BCUT2D eigenvalue weighted by Crippen LogP contribution is -2.25. The first-order chi connectivity index (χ1) is 14.8. The molecule has 0 atom stereocenters. The highest BCUT2D eigenvalue weighted by molar-refractivity contribution is 5.93. The van der Waals surface area contributed by atoms with Crippen LogP contribution in [0.25, 0.3) is 16.7 Å². The molecule has 8 heteroatoms. The van der Waals surface area contributed by atoms with Crippen molar-refractivity contribution in [1.29, 1.82) is 0 Å². The van der Waals surface area contributed by atoms with Crippen LogP contribution in [0.4, 0.5) is 5.69 Å². The molecule has 0 fully saturated rings. The maximum absolute atomic E-state index is 13.0. The predicted octanol–water partition coefficient (Wildman–Crippen LogP) is 2.79. The van der Waals surface area contributed by atoms with Crippen LogP contribution >= 0.6 is 0 Å². The topological polar surface area (TPSA) is 106 Å². The first-order valence-corrected chi connectivity index (χ1v) is 9.67. The molecule has 0 aliphatic rings. The van der Waals surface area contributed by atoms with Crippen LogP contribution in [-0.2, 0) is 18.3 Å². The normalized spacial score (nSPS) is 11.1. The lowest BCUT2D eigenvalue weighted by atomic mass is 10.0. The number of aromatic hydroxyl groups is 1. The molecule has 158 valence electrons. The van der Waals surface area contributed by atoms with Crippen molar-refractivity contribution in [2.45, 2.75) is 20.3 Å². The van der Waals surface area contributed by atoms with Gasteiger partial charge in [0.25, 0.3) is 5.56 Å². The van der Waals surface area contributed by atoms with Gasteiger partial charge in [0, 0.05) is 18.5 Å². The number of aryl methyl sites for hydroxylation is 1. The Hall–Kier alpha value is -4.07. The number of carbonyl (C=O) groups excluding carboxylic acids is 1. The summed E-state index contributed by atoms with van der Waals surface area (Å²) in [6.45, 7) is 3.45. The van der Waals surface area contributed by atoms with Crippen LogP contribution in [0.5, 0.6) is 5.75 Å². The van der Waals surface area contributed by atoms with E-state index in [4.69, 9.17) is 4.42 Å². The molecule has 0 unspecified atom stereocenters. The van der Waals surface area contributed by atoms with Gasteiger partial charge in [0.2, 0.25) is 5.91 Å². The number of aromatic nitrogens is 2. The molecule has 1 amide bonds. The van der Waals surface area contributed by atoms with E-state index in [1.165, 1.54) is 16.8 Å². The lowest BCUT2D eigenvalue weighted by Gasteiger charge is -2.08. The van der Waals surface area contributed by atoms with Gasteiger partial charge in [-0.15, -0.1) is 0 Å². The monoisotopic (exact) mass is 419 g/mol. The van der Waals surface area contributed by atoms with Gasteiger partial charge in [-0.2, -0.15) is 0 Å². The summed E-state index contributed by atoms with van der Waals surface area (Å²) >= 11 is 0. The summed E-state index contributed by atoms with van der Waals surface area (Å²) in [4.78, 5) is 38.1. The first-order valence-electron chi connectivity index (χ1n) is 9.67. The van der Waals surface area contributed by atoms with Crippen molar-refractivity contribution in [3.05, 3.63) is 86.1 Å². The quantitative estimate of drug-likeness (QED) is 0.495. The minimum atomic E-state index is -0.655. The number of rotatable bonds is 4. The Balaban J connectivity index is 1.67. The van der Waals surface area contributed by atoms with E-state index < -0.39 is 11.5 Å². The largest absolute Gasteiger partial charge is 0.508 e. The van der Waals surface area contributed by atoms with E-state index in [1.807, 2.05) is 18.2 Å². The molecule has 8 nitrogen and oxygen atoms in total. The fourth-order valence-corrected chi connectivity index (χ4v) is 3.64. The van der Waals surface area contributed by atoms with E-state index in [2.05, 4.69) is 5.32 Å². The Morgan fingerprint density at radius 3 is 2.52 bits per heavy atom. The number of amides is 1. The standard InChI is InChI=1S/C23H21N3O5/c1-13-17-10-9-16(27)11-19(17)31-23(30)18(13)12-20(28)24-21-14(2)25(3)26(22(21)29)15-7-5-4-6-8-15/h4-11,27H,12H2,1-3H3,(H,24,28). The maximum atomic E-state index is 13.0. The van der Waals surface area contributed by atoms with Gasteiger partial charge in [-0.3, -0.25) is 14.3 Å². The molecule has 2 aromatic heterocycles. The molecule has 0 saturated carbocycles. The predicted molar refractivity (Wildman–Crippen MR) is 117 cm³/mol. The van der Waals surface area contributed by atoms with Crippen molar-refractivity contribution in [1.82, 2.24) is 9.36 Å². The fourth-order valence-electron chi connectivity index (χ4n) is 3.64. The summed E-state index contributed by atoms with van der Waals surface area (Å²) in [6, 6.07) is 13.6. The van der Waals surface area contributed by atoms with E-state index in [9.17, 15) is 19.5 Å². The molecule has 0 aliphatic carbocycles. The molecule has 4 aromatic rings. The van der Waals surface area contributed by atoms with Crippen molar-refractivity contribution in [3.63, 3.8) is 0 Å². The van der Waals surface area contributed by atoms with Crippen molar-refractivity contribution in [3.8, 4) is 11.4 Å². The van der Waals surface area contributed by atoms with Gasteiger partial charge >= 0.3 is 5.63 Å². The molecule has 31 heavy (non-hydrogen) atoms. The smallest absolute Gasteiger partial charge is 0.340 e. The van der Waals surface area contributed by atoms with Crippen LogP contribution in [0.1, 0.15) is 16.8 Å². The Morgan fingerprint density at radius 1 is 1.10 bits per heavy atom. The molecule has 0 spiro atoms. The van der Waals surface area contributed by atoms with Crippen LogP contribution in [0.15, 0.2) is 62.5 Å². The summed E-state index contributed by atoms with van der Waals surface area (Å²) in [5.41, 5.74) is 1.43. The number of anilines is 1. The summed E-state index contributed by atoms with van der Waals surface area (Å²) < 4.78 is 8.40. The fraction of sp³-hybridized carbons (Fsp3) is 0.174. The molecule has 0 aliphatic heterocycles. The molecule has 0 saturated heterocycles. The zero-order valence-electron chi connectivity index (χ0n) is 17.3. The van der Waals surface area contributed by atoms with Gasteiger partial charge in [0.15, 0.2) is 0 Å². The van der Waals surface area contributed by atoms with Crippen LogP contribution in [-0.4, -0.2) is 20.4 Å². The number of hydrogen-bond donors (Lipinski definition) is 2. The third kappa shape index (κ3) is 3.52. The molecular formula is C23H21N3O5. The van der Waals surface area contributed by atoms with E-state index in [0.29, 0.717) is 22.3 Å². The van der Waals surface area contributed by atoms with Gasteiger partial charge in [-0.1, -0.05) is 18.2 Å². The second kappa shape index (κ2) is 7.64. The van der Waals surface area contributed by atoms with Crippen molar-refractivity contribution >= 4 is 22.6 Å². The average molecular weight is 419 g/mol. The minimum absolute atomic E-state index is 0.0187. The number of phenols is 1. The third-order valence-corrected chi connectivity index (χ3v) is 5.43. The summed E-state index contributed by atoms with van der Waals surface area (Å²) in [5, 5.41) is 12.9. The van der Waals surface area contributed by atoms with Gasteiger partial charge < -0.3 is 14.8 Å². The zero-order chi connectivity index (χ0) is 22.3. The van der Waals surface area contributed by atoms with Crippen molar-refractivity contribution in [2.24, 2.45) is 7.05 Å². The highest BCUT2D eigenvalue weighted by atomic mass is 16.4. The number of para-hydroxylation sites is 1. The number of nitrogens with zero attached hydrogens (tertiary/aromatic N) is 2. The van der Waals surface area contributed by atoms with Crippen molar-refractivity contribution < 1.29 is 14.3 Å². The highest BCUT2D eigenvalue weighted by Crippen LogP contribution is 2.24. The summed E-state index contributed by atoms with van der Waals surface area (Å²) in [5.74, 6) is -0.519. The van der Waals surface area contributed by atoms with Crippen LogP contribution in [0.3, 0.4) is 0 Å². The summed E-state index contributed by atoms with van der Waals surface area (Å²) in [6.07, 6.45) is -0.246. The number of fused-ring (bicyclic) bond motifs is 1. The number of hydrogen-bond acceptors (Lipinski definition) is 5. The number of carbonyl (C=O) groups is 1. The van der Waals surface area contributed by atoms with Crippen LogP contribution in [0.2, 0.25) is 0 Å². The number of nitrogens with one attached hydrogen (secondary N) is 1. The molecule has 0 bridgehead atoms. The molecular weight excluding hydrogens is 398 g/mol. The molecule has 0 radical (unpaired) electrons. The zero-order valence-corrected chi connectivity index (χ0v) is 17.3. The van der Waals surface area contributed by atoms with Gasteiger partial charge in [0.05, 0.1) is 23.4 Å². The molecule has 2 heterocycles. The molecule has 4 rings (SSSR count). The summed E-state index contributed by atoms with van der Waals surface area (Å²) in [7, 11) is 1.73. The Morgan fingerprint density at radius 2 is 1.81 bits per heavy atom. The van der Waals surface area contributed by atoms with Gasteiger partial charge in [0.1, 0.15) is 17.0 Å². The SMILES string of the molecule is Cc1c(CC(=O)Nc2c(C)n(C)n(-c3ccccc3)c2=O)c(=O)oc2cc(O)ccc12. The van der Waals surface area contributed by atoms with E-state index in [1.54, 1.807) is 43.8 Å². The Bertz CT molecular complexity index is 1430. The first kappa shape index (κ1) is 20.2. The Labute approximate surface area is 177 Å². The maximum Gasteiger partial charge on any atom is 0.340 e. The van der Waals surface area contributed by atoms with Gasteiger partial charge in [-0.05, 0) is 43.7 Å². The van der Waals surface area contributed by atoms with E-state index >= 15 is 0 Å². The lowest BCUT2D eigenvalue weighted by molar-refractivity contribution is -0.115. The molecule has 2 aromatic carbocycles. The highest BCUT2D eigenvalue weighted by Gasteiger charge is 2.20. The number of phenolic OH excluding ortho intramolecular Hbond substituents is 1. The van der Waals surface area contributed by atoms with E-state index in [-0.39, 0.29) is 34.6 Å². The van der Waals surface area contributed by atoms with Crippen LogP contribution in [0, 0.1) is 13.8 Å². The minimum Gasteiger partial charge on any atom is -0.508 e. The second-order valence-electron chi connectivity index (χ2n) is 7.34. The van der Waals surface area contributed by atoms with Gasteiger partial charge in [-0.25, -0.2) is 9.48 Å². The second-order valence-corrected chi connectivity index (χ2v) is 7.34. The van der Waals surface area contributed by atoms with E-state index in [0.717, 1.165) is 0 Å². The Kier molecular flexibility index (Phi) is 4.98. The van der Waals surface area contributed by atoms with Crippen LogP contribution < -0.4 is 16.5 Å². The third-order valence-electron chi connectivity index (χ3n) is 5.43.